The van der Waals surface area contributed by atoms with E-state index < -0.39 is 0 Å². The first-order valence-electron chi connectivity index (χ1n) is 5.86. The SMILES string of the molecule is Cc1ccc(NCCCC(C)(C)C#N)cc1Br. The average Bonchev–Trinajstić information content (AvgIpc) is 2.29. The number of hydrogen-bond donors (Lipinski definition) is 1. The standard InChI is InChI=1S/C14H19BrN2/c1-11-5-6-12(9-13(11)15)17-8-4-7-14(2,3)10-16/h5-6,9,17H,4,7-8H2,1-3H3. The maximum atomic E-state index is 8.90. The number of benzene rings is 1. The number of anilines is 1. The summed E-state index contributed by atoms with van der Waals surface area (Å²) in [7, 11) is 0. The zero-order chi connectivity index (χ0) is 12.9. The molecule has 92 valence electrons. The van der Waals surface area contributed by atoms with Gasteiger partial charge in [0.25, 0.3) is 0 Å². The van der Waals surface area contributed by atoms with Crippen LogP contribution in [0, 0.1) is 23.7 Å². The van der Waals surface area contributed by atoms with E-state index in [1.807, 2.05) is 13.8 Å². The van der Waals surface area contributed by atoms with Crippen LogP contribution in [0.3, 0.4) is 0 Å². The van der Waals surface area contributed by atoms with E-state index in [1.165, 1.54) is 5.56 Å². The van der Waals surface area contributed by atoms with Crippen LogP contribution in [0.2, 0.25) is 0 Å². The van der Waals surface area contributed by atoms with Crippen molar-refractivity contribution in [3.8, 4) is 6.07 Å². The summed E-state index contributed by atoms with van der Waals surface area (Å²) >= 11 is 3.51. The van der Waals surface area contributed by atoms with E-state index in [-0.39, 0.29) is 5.41 Å². The third kappa shape index (κ3) is 4.79. The molecule has 0 fully saturated rings. The Morgan fingerprint density at radius 1 is 1.41 bits per heavy atom. The third-order valence-corrected chi connectivity index (χ3v) is 3.64. The van der Waals surface area contributed by atoms with Crippen molar-refractivity contribution < 1.29 is 0 Å². The molecule has 1 rings (SSSR count). The minimum atomic E-state index is -0.213. The molecule has 0 atom stereocenters. The lowest BCUT2D eigenvalue weighted by molar-refractivity contribution is 0.441. The first-order chi connectivity index (χ1) is 7.94. The van der Waals surface area contributed by atoms with Crippen LogP contribution < -0.4 is 5.32 Å². The Balaban J connectivity index is 2.37. The molecule has 0 amide bonds. The average molecular weight is 295 g/mol. The van der Waals surface area contributed by atoms with Crippen molar-refractivity contribution in [2.45, 2.75) is 33.6 Å². The van der Waals surface area contributed by atoms with Crippen molar-refractivity contribution in [1.29, 1.82) is 5.26 Å². The van der Waals surface area contributed by atoms with Crippen LogP contribution in [-0.4, -0.2) is 6.54 Å². The lowest BCUT2D eigenvalue weighted by atomic mass is 9.90. The molecule has 0 aliphatic heterocycles. The van der Waals surface area contributed by atoms with Crippen molar-refractivity contribution in [3.63, 3.8) is 0 Å². The van der Waals surface area contributed by atoms with E-state index in [1.54, 1.807) is 0 Å². The molecule has 0 unspecified atom stereocenters. The van der Waals surface area contributed by atoms with E-state index >= 15 is 0 Å². The summed E-state index contributed by atoms with van der Waals surface area (Å²) in [4.78, 5) is 0. The van der Waals surface area contributed by atoms with Gasteiger partial charge in [-0.1, -0.05) is 22.0 Å². The number of rotatable bonds is 5. The predicted molar refractivity (Wildman–Crippen MR) is 76.0 cm³/mol. The van der Waals surface area contributed by atoms with Gasteiger partial charge in [-0.2, -0.15) is 5.26 Å². The zero-order valence-corrected chi connectivity index (χ0v) is 12.3. The largest absolute Gasteiger partial charge is 0.385 e. The molecule has 1 N–H and O–H groups in total. The molecule has 1 aromatic rings. The Morgan fingerprint density at radius 3 is 2.71 bits per heavy atom. The predicted octanol–water partition coefficient (Wildman–Crippen LogP) is 4.50. The maximum absolute atomic E-state index is 8.90. The van der Waals surface area contributed by atoms with E-state index in [0.29, 0.717) is 0 Å². The maximum Gasteiger partial charge on any atom is 0.0683 e. The third-order valence-electron chi connectivity index (χ3n) is 2.78. The highest BCUT2D eigenvalue weighted by atomic mass is 79.9. The number of nitrogens with zero attached hydrogens (tertiary/aromatic N) is 1. The molecule has 0 heterocycles. The van der Waals surface area contributed by atoms with Gasteiger partial charge in [-0.15, -0.1) is 0 Å². The molecule has 0 radical (unpaired) electrons. The Hall–Kier alpha value is -1.01. The number of nitrogens with one attached hydrogen (secondary N) is 1. The van der Waals surface area contributed by atoms with Crippen LogP contribution in [0.1, 0.15) is 32.3 Å². The summed E-state index contributed by atoms with van der Waals surface area (Å²) in [6.07, 6.45) is 1.93. The first kappa shape index (κ1) is 14.1. The first-order valence-corrected chi connectivity index (χ1v) is 6.65. The van der Waals surface area contributed by atoms with Crippen LogP contribution >= 0.6 is 15.9 Å². The van der Waals surface area contributed by atoms with Gasteiger partial charge >= 0.3 is 0 Å². The summed E-state index contributed by atoms with van der Waals surface area (Å²) < 4.78 is 1.12. The second-order valence-corrected chi connectivity index (χ2v) is 5.84. The molecule has 0 spiro atoms. The van der Waals surface area contributed by atoms with E-state index in [4.69, 9.17) is 5.26 Å². The van der Waals surface area contributed by atoms with Gasteiger partial charge in [-0.3, -0.25) is 0 Å². The summed E-state index contributed by atoms with van der Waals surface area (Å²) in [5.74, 6) is 0. The molecule has 2 nitrogen and oxygen atoms in total. The van der Waals surface area contributed by atoms with Crippen LogP contribution in [0.4, 0.5) is 5.69 Å². The Kier molecular flexibility index (Phi) is 5.02. The topological polar surface area (TPSA) is 35.8 Å². The molecule has 0 aliphatic rings. The van der Waals surface area contributed by atoms with E-state index in [0.717, 1.165) is 29.5 Å². The molecular formula is C14H19BrN2. The van der Waals surface area contributed by atoms with Crippen LogP contribution in [-0.2, 0) is 0 Å². The van der Waals surface area contributed by atoms with Crippen molar-refractivity contribution in [2.24, 2.45) is 5.41 Å². The number of nitriles is 1. The summed E-state index contributed by atoms with van der Waals surface area (Å²) in [5.41, 5.74) is 2.15. The van der Waals surface area contributed by atoms with Gasteiger partial charge in [-0.05, 0) is 51.3 Å². The van der Waals surface area contributed by atoms with E-state index in [9.17, 15) is 0 Å². The second-order valence-electron chi connectivity index (χ2n) is 4.99. The monoisotopic (exact) mass is 294 g/mol. The molecule has 0 saturated carbocycles. The fourth-order valence-electron chi connectivity index (χ4n) is 1.52. The number of aryl methyl sites for hydroxylation is 1. The van der Waals surface area contributed by atoms with Crippen LogP contribution in [0.25, 0.3) is 0 Å². The van der Waals surface area contributed by atoms with Gasteiger partial charge in [0, 0.05) is 16.7 Å². The Labute approximate surface area is 112 Å². The van der Waals surface area contributed by atoms with Crippen molar-refractivity contribution in [1.82, 2.24) is 0 Å². The molecule has 0 aliphatic carbocycles. The highest BCUT2D eigenvalue weighted by Gasteiger charge is 2.15. The highest BCUT2D eigenvalue weighted by molar-refractivity contribution is 9.10. The lowest BCUT2D eigenvalue weighted by Crippen LogP contribution is -2.11. The van der Waals surface area contributed by atoms with Gasteiger partial charge in [0.15, 0.2) is 0 Å². The number of hydrogen-bond acceptors (Lipinski definition) is 2. The van der Waals surface area contributed by atoms with Gasteiger partial charge < -0.3 is 5.32 Å². The van der Waals surface area contributed by atoms with Crippen LogP contribution in [0.5, 0.6) is 0 Å². The summed E-state index contributed by atoms with van der Waals surface area (Å²) in [6, 6.07) is 8.58. The van der Waals surface area contributed by atoms with Gasteiger partial charge in [0.05, 0.1) is 11.5 Å². The normalized spacial score (nSPS) is 11.0. The Morgan fingerprint density at radius 2 is 2.12 bits per heavy atom. The molecule has 17 heavy (non-hydrogen) atoms. The van der Waals surface area contributed by atoms with Crippen molar-refractivity contribution >= 4 is 21.6 Å². The van der Waals surface area contributed by atoms with Gasteiger partial charge in [0.2, 0.25) is 0 Å². The highest BCUT2D eigenvalue weighted by Crippen LogP contribution is 2.22. The fourth-order valence-corrected chi connectivity index (χ4v) is 1.90. The molecule has 0 aromatic heterocycles. The van der Waals surface area contributed by atoms with Crippen molar-refractivity contribution in [3.05, 3.63) is 28.2 Å². The Bertz CT molecular complexity index is 419. The molecule has 0 bridgehead atoms. The second kappa shape index (κ2) is 6.07. The lowest BCUT2D eigenvalue weighted by Gasteiger charge is -2.15. The van der Waals surface area contributed by atoms with Crippen molar-refractivity contribution in [2.75, 3.05) is 11.9 Å². The molecule has 1 aromatic carbocycles. The number of halogens is 1. The molecule has 0 saturated heterocycles. The minimum absolute atomic E-state index is 0.213. The fraction of sp³-hybridized carbons (Fsp3) is 0.500. The van der Waals surface area contributed by atoms with Gasteiger partial charge in [-0.25, -0.2) is 0 Å². The van der Waals surface area contributed by atoms with Crippen LogP contribution in [0.15, 0.2) is 22.7 Å². The zero-order valence-electron chi connectivity index (χ0n) is 10.7. The van der Waals surface area contributed by atoms with E-state index in [2.05, 4.69) is 52.4 Å². The van der Waals surface area contributed by atoms with Gasteiger partial charge in [0.1, 0.15) is 0 Å². The summed E-state index contributed by atoms with van der Waals surface area (Å²) in [5, 5.41) is 12.3. The smallest absolute Gasteiger partial charge is 0.0683 e. The summed E-state index contributed by atoms with van der Waals surface area (Å²) in [6.45, 7) is 6.94. The molecule has 3 heteroatoms. The molecular weight excluding hydrogens is 276 g/mol. The quantitative estimate of drug-likeness (QED) is 0.812. The minimum Gasteiger partial charge on any atom is -0.385 e.